The number of furan rings is 1. The first-order chi connectivity index (χ1) is 12.6. The Hall–Kier alpha value is -2.83. The lowest BCUT2D eigenvalue weighted by Gasteiger charge is -2.11. The number of benzene rings is 1. The number of hydrogen-bond donors (Lipinski definition) is 3. The van der Waals surface area contributed by atoms with Crippen LogP contribution in [0.2, 0.25) is 0 Å². The van der Waals surface area contributed by atoms with Gasteiger partial charge in [-0.2, -0.15) is 0 Å². The number of nitrogens with one attached hydrogen (secondary N) is 3. The topological polar surface area (TPSA) is 78.7 Å². The molecule has 1 aromatic carbocycles. The molecule has 1 amide bonds. The summed E-state index contributed by atoms with van der Waals surface area (Å²) in [5, 5.41) is 9.10. The average molecular weight is 360 g/mol. The third kappa shape index (κ3) is 5.91. The lowest BCUT2D eigenvalue weighted by molar-refractivity contribution is 0.0925. The molecule has 6 nitrogen and oxygen atoms in total. The van der Waals surface area contributed by atoms with E-state index in [1.807, 2.05) is 13.8 Å². The fraction of sp³-hybridized carbons (Fsp3) is 0.368. The van der Waals surface area contributed by atoms with Gasteiger partial charge < -0.3 is 20.4 Å². The quantitative estimate of drug-likeness (QED) is 0.384. The zero-order chi connectivity index (χ0) is 18.8. The maximum absolute atomic E-state index is 13.6. The minimum absolute atomic E-state index is 0.215. The summed E-state index contributed by atoms with van der Waals surface area (Å²) in [5.74, 6) is 0.484. The Morgan fingerprint density at radius 3 is 2.62 bits per heavy atom. The van der Waals surface area contributed by atoms with Crippen LogP contribution < -0.4 is 16.0 Å². The standard InChI is InChI=1S/C19H25FN4O2/c1-3-21-19(24-13-15-7-4-5-8-16(15)20)23-11-6-10-22-18(25)17-14(2)9-12-26-17/h4-5,7-9,12H,3,6,10-11,13H2,1-2H3,(H,22,25)(H2,21,23,24). The van der Waals surface area contributed by atoms with Crippen LogP contribution in [0.3, 0.4) is 0 Å². The van der Waals surface area contributed by atoms with Crippen LogP contribution in [0, 0.1) is 12.7 Å². The average Bonchev–Trinajstić information content (AvgIpc) is 3.06. The van der Waals surface area contributed by atoms with Gasteiger partial charge in [-0.05, 0) is 32.4 Å². The van der Waals surface area contributed by atoms with Gasteiger partial charge >= 0.3 is 0 Å². The third-order valence-electron chi connectivity index (χ3n) is 3.71. The minimum Gasteiger partial charge on any atom is -0.459 e. The fourth-order valence-electron chi connectivity index (χ4n) is 2.32. The number of nitrogens with zero attached hydrogens (tertiary/aromatic N) is 1. The zero-order valence-electron chi connectivity index (χ0n) is 15.1. The molecule has 0 spiro atoms. The van der Waals surface area contributed by atoms with E-state index in [4.69, 9.17) is 4.42 Å². The SMILES string of the molecule is CCNC(=NCc1ccccc1F)NCCCNC(=O)c1occc1C. The van der Waals surface area contributed by atoms with Crippen LogP contribution in [0.1, 0.15) is 35.0 Å². The molecule has 0 aliphatic heterocycles. The van der Waals surface area contributed by atoms with Crippen molar-refractivity contribution in [2.24, 2.45) is 4.99 Å². The van der Waals surface area contributed by atoms with Crippen molar-refractivity contribution < 1.29 is 13.6 Å². The van der Waals surface area contributed by atoms with Gasteiger partial charge in [0.1, 0.15) is 5.82 Å². The number of carbonyl (C=O) groups is 1. The lowest BCUT2D eigenvalue weighted by Crippen LogP contribution is -2.38. The summed E-state index contributed by atoms with van der Waals surface area (Å²) in [4.78, 5) is 16.3. The number of amides is 1. The number of guanidine groups is 1. The Bertz CT molecular complexity index is 743. The number of halogens is 1. The molecule has 0 aliphatic rings. The smallest absolute Gasteiger partial charge is 0.287 e. The third-order valence-corrected chi connectivity index (χ3v) is 3.71. The Morgan fingerprint density at radius 1 is 1.15 bits per heavy atom. The van der Waals surface area contributed by atoms with Gasteiger partial charge in [-0.1, -0.05) is 18.2 Å². The van der Waals surface area contributed by atoms with Crippen molar-refractivity contribution in [3.63, 3.8) is 0 Å². The molecule has 2 aromatic rings. The molecule has 0 unspecified atom stereocenters. The van der Waals surface area contributed by atoms with Crippen molar-refractivity contribution >= 4 is 11.9 Å². The number of hydrogen-bond acceptors (Lipinski definition) is 3. The van der Waals surface area contributed by atoms with Crippen LogP contribution in [0.25, 0.3) is 0 Å². The monoisotopic (exact) mass is 360 g/mol. The number of carbonyl (C=O) groups excluding carboxylic acids is 1. The van der Waals surface area contributed by atoms with Gasteiger partial charge in [-0.15, -0.1) is 0 Å². The second kappa shape index (κ2) is 10.2. The number of aryl methyl sites for hydroxylation is 1. The Kier molecular flexibility index (Phi) is 7.67. The highest BCUT2D eigenvalue weighted by Crippen LogP contribution is 2.08. The summed E-state index contributed by atoms with van der Waals surface area (Å²) >= 11 is 0. The van der Waals surface area contributed by atoms with Crippen LogP contribution in [0.15, 0.2) is 46.0 Å². The molecule has 0 aliphatic carbocycles. The van der Waals surface area contributed by atoms with Crippen molar-refractivity contribution in [3.8, 4) is 0 Å². The second-order valence-corrected chi connectivity index (χ2v) is 5.76. The van der Waals surface area contributed by atoms with Crippen molar-refractivity contribution in [1.29, 1.82) is 0 Å². The van der Waals surface area contributed by atoms with E-state index < -0.39 is 0 Å². The van der Waals surface area contributed by atoms with Gasteiger partial charge in [-0.3, -0.25) is 4.79 Å². The fourth-order valence-corrected chi connectivity index (χ4v) is 2.32. The van der Waals surface area contributed by atoms with Gasteiger partial charge in [0.2, 0.25) is 0 Å². The Morgan fingerprint density at radius 2 is 1.92 bits per heavy atom. The van der Waals surface area contributed by atoms with Gasteiger partial charge in [0.25, 0.3) is 5.91 Å². The zero-order valence-corrected chi connectivity index (χ0v) is 15.1. The molecule has 0 bridgehead atoms. The molecule has 2 rings (SSSR count). The van der Waals surface area contributed by atoms with Crippen LogP contribution in [-0.4, -0.2) is 31.5 Å². The first kappa shape index (κ1) is 19.5. The molecule has 0 atom stereocenters. The first-order valence-corrected chi connectivity index (χ1v) is 8.69. The molecular formula is C19H25FN4O2. The molecule has 3 N–H and O–H groups in total. The van der Waals surface area contributed by atoms with E-state index in [9.17, 15) is 9.18 Å². The number of rotatable bonds is 8. The lowest BCUT2D eigenvalue weighted by atomic mass is 10.2. The van der Waals surface area contributed by atoms with E-state index in [2.05, 4.69) is 20.9 Å². The van der Waals surface area contributed by atoms with Crippen molar-refractivity contribution in [1.82, 2.24) is 16.0 Å². The van der Waals surface area contributed by atoms with E-state index in [1.54, 1.807) is 24.3 Å². The van der Waals surface area contributed by atoms with E-state index in [1.165, 1.54) is 12.3 Å². The summed E-state index contributed by atoms with van der Waals surface area (Å²) < 4.78 is 18.8. The molecule has 7 heteroatoms. The molecule has 0 radical (unpaired) electrons. The first-order valence-electron chi connectivity index (χ1n) is 8.69. The molecule has 1 aromatic heterocycles. The molecule has 0 saturated carbocycles. The van der Waals surface area contributed by atoms with Crippen molar-refractivity contribution in [3.05, 3.63) is 59.3 Å². The van der Waals surface area contributed by atoms with Gasteiger partial charge in [0, 0.05) is 30.8 Å². The number of aliphatic imine (C=N–C) groups is 1. The minimum atomic E-state index is -0.261. The normalized spacial score (nSPS) is 11.3. The largest absolute Gasteiger partial charge is 0.459 e. The maximum Gasteiger partial charge on any atom is 0.287 e. The van der Waals surface area contributed by atoms with Crippen LogP contribution >= 0.6 is 0 Å². The van der Waals surface area contributed by atoms with Crippen LogP contribution in [0.5, 0.6) is 0 Å². The van der Waals surface area contributed by atoms with E-state index in [-0.39, 0.29) is 18.3 Å². The second-order valence-electron chi connectivity index (χ2n) is 5.76. The van der Waals surface area contributed by atoms with Gasteiger partial charge in [0.05, 0.1) is 12.8 Å². The summed E-state index contributed by atoms with van der Waals surface area (Å²) in [5.41, 5.74) is 1.36. The maximum atomic E-state index is 13.6. The summed E-state index contributed by atoms with van der Waals surface area (Å²) in [7, 11) is 0. The highest BCUT2D eigenvalue weighted by molar-refractivity contribution is 5.92. The van der Waals surface area contributed by atoms with Gasteiger partial charge in [-0.25, -0.2) is 9.38 Å². The molecular weight excluding hydrogens is 335 g/mol. The predicted molar refractivity (Wildman–Crippen MR) is 99.6 cm³/mol. The molecule has 0 saturated heterocycles. The molecule has 0 fully saturated rings. The van der Waals surface area contributed by atoms with E-state index in [0.29, 0.717) is 36.9 Å². The van der Waals surface area contributed by atoms with E-state index >= 15 is 0 Å². The molecule has 140 valence electrons. The van der Waals surface area contributed by atoms with Crippen LogP contribution in [0.4, 0.5) is 4.39 Å². The van der Waals surface area contributed by atoms with Crippen LogP contribution in [-0.2, 0) is 6.54 Å². The van der Waals surface area contributed by atoms with E-state index in [0.717, 1.165) is 12.0 Å². The highest BCUT2D eigenvalue weighted by Gasteiger charge is 2.11. The van der Waals surface area contributed by atoms with Gasteiger partial charge in [0.15, 0.2) is 11.7 Å². The summed E-state index contributed by atoms with van der Waals surface area (Å²) in [6.45, 7) is 5.90. The summed E-state index contributed by atoms with van der Waals surface area (Å²) in [6.07, 6.45) is 2.22. The Balaban J connectivity index is 1.74. The Labute approximate surface area is 152 Å². The highest BCUT2D eigenvalue weighted by atomic mass is 19.1. The molecule has 26 heavy (non-hydrogen) atoms. The van der Waals surface area contributed by atoms with Crippen molar-refractivity contribution in [2.75, 3.05) is 19.6 Å². The summed E-state index contributed by atoms with van der Waals surface area (Å²) in [6, 6.07) is 8.34. The van der Waals surface area contributed by atoms with Crippen molar-refractivity contribution in [2.45, 2.75) is 26.8 Å². The molecule has 1 heterocycles. The predicted octanol–water partition coefficient (Wildman–Crippen LogP) is 2.60.